The largest absolute Gasteiger partial charge is 0.461 e. The molecule has 0 aliphatic rings. The van der Waals surface area contributed by atoms with Gasteiger partial charge >= 0.3 is 11.9 Å². The SMILES string of the molecule is CCOC(=O)C(F)(F)c1ccc(C=O)n1C. The van der Waals surface area contributed by atoms with Crippen LogP contribution in [0.2, 0.25) is 0 Å². The van der Waals surface area contributed by atoms with Crippen LogP contribution in [0.3, 0.4) is 0 Å². The van der Waals surface area contributed by atoms with Crippen LogP contribution in [0.4, 0.5) is 8.78 Å². The second-order valence-electron chi connectivity index (χ2n) is 3.12. The molecule has 0 atom stereocenters. The first-order valence-electron chi connectivity index (χ1n) is 4.61. The third-order valence-corrected chi connectivity index (χ3v) is 2.13. The Bertz CT molecular complexity index is 412. The lowest BCUT2D eigenvalue weighted by molar-refractivity contribution is -0.174. The van der Waals surface area contributed by atoms with Crippen molar-refractivity contribution in [3.63, 3.8) is 0 Å². The lowest BCUT2D eigenvalue weighted by atomic mass is 10.2. The summed E-state index contributed by atoms with van der Waals surface area (Å²) in [6.07, 6.45) is 0.435. The van der Waals surface area contributed by atoms with Crippen molar-refractivity contribution in [2.24, 2.45) is 7.05 Å². The monoisotopic (exact) mass is 231 g/mol. The van der Waals surface area contributed by atoms with E-state index in [1.54, 1.807) is 0 Å². The second kappa shape index (κ2) is 4.42. The van der Waals surface area contributed by atoms with Gasteiger partial charge < -0.3 is 9.30 Å². The van der Waals surface area contributed by atoms with E-state index in [0.717, 1.165) is 10.6 Å². The number of ether oxygens (including phenoxy) is 1. The summed E-state index contributed by atoms with van der Waals surface area (Å²) in [5, 5.41) is 0. The molecule has 1 heterocycles. The van der Waals surface area contributed by atoms with Crippen LogP contribution in [0.15, 0.2) is 12.1 Å². The highest BCUT2D eigenvalue weighted by Crippen LogP contribution is 2.30. The van der Waals surface area contributed by atoms with Crippen molar-refractivity contribution < 1.29 is 23.1 Å². The van der Waals surface area contributed by atoms with Gasteiger partial charge in [-0.2, -0.15) is 8.78 Å². The number of esters is 1. The van der Waals surface area contributed by atoms with Crippen molar-refractivity contribution in [2.45, 2.75) is 12.8 Å². The Balaban J connectivity index is 3.11. The maximum absolute atomic E-state index is 13.5. The molecule has 16 heavy (non-hydrogen) atoms. The van der Waals surface area contributed by atoms with Crippen LogP contribution in [0.1, 0.15) is 23.1 Å². The molecule has 0 N–H and O–H groups in total. The van der Waals surface area contributed by atoms with Crippen molar-refractivity contribution in [3.05, 3.63) is 23.5 Å². The number of nitrogens with zero attached hydrogens (tertiary/aromatic N) is 1. The van der Waals surface area contributed by atoms with Gasteiger partial charge in [0.15, 0.2) is 6.29 Å². The van der Waals surface area contributed by atoms with Gasteiger partial charge in [-0.05, 0) is 19.1 Å². The molecule has 6 heteroatoms. The van der Waals surface area contributed by atoms with Gasteiger partial charge in [-0.15, -0.1) is 0 Å². The predicted octanol–water partition coefficient (Wildman–Crippen LogP) is 1.49. The minimum atomic E-state index is -3.74. The molecule has 0 aromatic carbocycles. The van der Waals surface area contributed by atoms with Gasteiger partial charge in [0.25, 0.3) is 0 Å². The highest BCUT2D eigenvalue weighted by Gasteiger charge is 2.45. The first-order valence-corrected chi connectivity index (χ1v) is 4.61. The topological polar surface area (TPSA) is 48.3 Å². The summed E-state index contributed by atoms with van der Waals surface area (Å²) in [7, 11) is 1.28. The molecule has 0 aliphatic heterocycles. The Morgan fingerprint density at radius 3 is 2.62 bits per heavy atom. The second-order valence-corrected chi connectivity index (χ2v) is 3.12. The highest BCUT2D eigenvalue weighted by atomic mass is 19.3. The van der Waals surface area contributed by atoms with Crippen LogP contribution >= 0.6 is 0 Å². The molecule has 0 amide bonds. The summed E-state index contributed by atoms with van der Waals surface area (Å²) in [4.78, 5) is 21.5. The lowest BCUT2D eigenvalue weighted by Crippen LogP contribution is -2.30. The van der Waals surface area contributed by atoms with Crippen molar-refractivity contribution in [1.29, 1.82) is 0 Å². The number of carbonyl (C=O) groups excluding carboxylic acids is 2. The fourth-order valence-corrected chi connectivity index (χ4v) is 1.29. The lowest BCUT2D eigenvalue weighted by Gasteiger charge is -2.15. The molecular weight excluding hydrogens is 220 g/mol. The number of rotatable bonds is 4. The smallest absolute Gasteiger partial charge is 0.383 e. The van der Waals surface area contributed by atoms with Gasteiger partial charge in [0.2, 0.25) is 0 Å². The van der Waals surface area contributed by atoms with E-state index in [1.807, 2.05) is 0 Å². The van der Waals surface area contributed by atoms with Gasteiger partial charge in [0.1, 0.15) is 0 Å². The Hall–Kier alpha value is -1.72. The van der Waals surface area contributed by atoms with E-state index in [1.165, 1.54) is 20.0 Å². The quantitative estimate of drug-likeness (QED) is 0.582. The Kier molecular flexibility index (Phi) is 3.41. The summed E-state index contributed by atoms with van der Waals surface area (Å²) < 4.78 is 32.3. The van der Waals surface area contributed by atoms with Crippen molar-refractivity contribution in [1.82, 2.24) is 4.57 Å². The van der Waals surface area contributed by atoms with Gasteiger partial charge in [-0.3, -0.25) is 4.79 Å². The highest BCUT2D eigenvalue weighted by molar-refractivity contribution is 5.80. The van der Waals surface area contributed by atoms with Crippen LogP contribution < -0.4 is 0 Å². The molecule has 0 radical (unpaired) electrons. The van der Waals surface area contributed by atoms with Crippen molar-refractivity contribution in [3.8, 4) is 0 Å². The number of hydrogen-bond acceptors (Lipinski definition) is 3. The summed E-state index contributed by atoms with van der Waals surface area (Å²) in [6.45, 7) is 1.31. The molecule has 1 aromatic heterocycles. The summed E-state index contributed by atoms with van der Waals surface area (Å²) in [5.41, 5.74) is -0.493. The minimum absolute atomic E-state index is 0.0685. The van der Waals surface area contributed by atoms with E-state index in [9.17, 15) is 18.4 Å². The number of carbonyl (C=O) groups is 2. The minimum Gasteiger partial charge on any atom is -0.461 e. The average molecular weight is 231 g/mol. The van der Waals surface area contributed by atoms with Crippen LogP contribution in [0, 0.1) is 0 Å². The zero-order valence-corrected chi connectivity index (χ0v) is 8.87. The van der Waals surface area contributed by atoms with E-state index < -0.39 is 17.6 Å². The fourth-order valence-electron chi connectivity index (χ4n) is 1.29. The first-order chi connectivity index (χ1) is 7.45. The van der Waals surface area contributed by atoms with Gasteiger partial charge in [-0.1, -0.05) is 0 Å². The van der Waals surface area contributed by atoms with Crippen LogP contribution in [-0.2, 0) is 22.5 Å². The van der Waals surface area contributed by atoms with Crippen molar-refractivity contribution >= 4 is 12.3 Å². The fraction of sp³-hybridized carbons (Fsp3) is 0.400. The number of hydrogen-bond donors (Lipinski definition) is 0. The number of alkyl halides is 2. The Morgan fingerprint density at radius 1 is 1.56 bits per heavy atom. The Morgan fingerprint density at radius 2 is 2.19 bits per heavy atom. The molecule has 0 unspecified atom stereocenters. The first kappa shape index (κ1) is 12.4. The average Bonchev–Trinajstić information content (AvgIpc) is 2.60. The molecule has 0 aliphatic carbocycles. The van der Waals surface area contributed by atoms with E-state index in [4.69, 9.17) is 0 Å². The molecule has 1 rings (SSSR count). The molecule has 0 spiro atoms. The normalized spacial score (nSPS) is 11.2. The summed E-state index contributed by atoms with van der Waals surface area (Å²) >= 11 is 0. The van der Waals surface area contributed by atoms with E-state index in [2.05, 4.69) is 4.74 Å². The molecule has 0 fully saturated rings. The standard InChI is InChI=1S/C10H11F2NO3/c1-3-16-9(15)10(11,12)8-5-4-7(6-14)13(8)2/h4-6H,3H2,1-2H3. The van der Waals surface area contributed by atoms with Crippen LogP contribution in [-0.4, -0.2) is 23.4 Å². The zero-order valence-electron chi connectivity index (χ0n) is 8.87. The summed E-state index contributed by atoms with van der Waals surface area (Å²) in [6, 6.07) is 2.25. The van der Waals surface area contributed by atoms with E-state index in [0.29, 0.717) is 6.29 Å². The maximum atomic E-state index is 13.5. The van der Waals surface area contributed by atoms with Gasteiger partial charge in [-0.25, -0.2) is 4.79 Å². The maximum Gasteiger partial charge on any atom is 0.383 e. The van der Waals surface area contributed by atoms with E-state index in [-0.39, 0.29) is 12.3 Å². The van der Waals surface area contributed by atoms with Gasteiger partial charge in [0.05, 0.1) is 18.0 Å². The van der Waals surface area contributed by atoms with E-state index >= 15 is 0 Å². The molecule has 1 aromatic rings. The third-order valence-electron chi connectivity index (χ3n) is 2.13. The molecule has 88 valence electrons. The summed E-state index contributed by atoms with van der Waals surface area (Å²) in [5.74, 6) is -5.36. The molecule has 0 saturated heterocycles. The molecule has 4 nitrogen and oxygen atoms in total. The zero-order chi connectivity index (χ0) is 12.3. The van der Waals surface area contributed by atoms with Gasteiger partial charge in [0, 0.05) is 7.05 Å². The molecule has 0 saturated carbocycles. The number of aromatic nitrogens is 1. The molecule has 0 bridgehead atoms. The number of aldehydes is 1. The van der Waals surface area contributed by atoms with Crippen molar-refractivity contribution in [2.75, 3.05) is 6.61 Å². The third kappa shape index (κ3) is 1.95. The van der Waals surface area contributed by atoms with Crippen LogP contribution in [0.5, 0.6) is 0 Å². The Labute approximate surface area is 90.8 Å². The molecular formula is C10H11F2NO3. The predicted molar refractivity (Wildman–Crippen MR) is 51.3 cm³/mol. The van der Waals surface area contributed by atoms with Crippen LogP contribution in [0.25, 0.3) is 0 Å². The number of halogens is 2.